The fraction of sp³-hybridized carbons (Fsp3) is 0.524. The molecule has 0 saturated heterocycles. The molecule has 0 spiro atoms. The number of aliphatic imine (C=N–C) groups is 1. The Labute approximate surface area is 162 Å². The van der Waals surface area contributed by atoms with Crippen molar-refractivity contribution in [2.24, 2.45) is 12.0 Å². The topological polar surface area (TPSA) is 63.5 Å². The Morgan fingerprint density at radius 3 is 2.81 bits per heavy atom. The summed E-state index contributed by atoms with van der Waals surface area (Å²) in [7, 11) is 2.00. The number of guanidine groups is 1. The first-order valence-corrected chi connectivity index (χ1v) is 9.76. The number of fused-ring (bicyclic) bond motifs is 1. The van der Waals surface area contributed by atoms with E-state index in [4.69, 9.17) is 9.73 Å². The third kappa shape index (κ3) is 4.62. The van der Waals surface area contributed by atoms with Crippen LogP contribution in [-0.2, 0) is 19.9 Å². The maximum atomic E-state index is 6.00. The lowest BCUT2D eigenvalue weighted by molar-refractivity contribution is 0.241. The molecule has 6 nitrogen and oxygen atoms in total. The standard InChI is InChI=1S/C21H31N5O/c1-6-22-21(23-13-18-12-17-9-7-8-10-20(17)27-18)24-14(2)11-19-15(3)25-26(5)16(19)4/h7-10,14,18H,6,11-13H2,1-5H3,(H2,22,23,24). The van der Waals surface area contributed by atoms with Gasteiger partial charge in [-0.25, -0.2) is 4.99 Å². The van der Waals surface area contributed by atoms with Gasteiger partial charge in [-0.3, -0.25) is 4.68 Å². The van der Waals surface area contributed by atoms with Gasteiger partial charge in [-0.1, -0.05) is 18.2 Å². The van der Waals surface area contributed by atoms with Crippen molar-refractivity contribution < 1.29 is 4.74 Å². The second-order valence-electron chi connectivity index (χ2n) is 7.29. The maximum Gasteiger partial charge on any atom is 0.191 e. The van der Waals surface area contributed by atoms with E-state index >= 15 is 0 Å². The van der Waals surface area contributed by atoms with Gasteiger partial charge in [0.15, 0.2) is 5.96 Å². The zero-order valence-electron chi connectivity index (χ0n) is 17.0. The normalized spacial score (nSPS) is 17.4. The third-order valence-corrected chi connectivity index (χ3v) is 5.06. The fourth-order valence-electron chi connectivity index (χ4n) is 3.57. The van der Waals surface area contributed by atoms with Crippen LogP contribution in [0.2, 0.25) is 0 Å². The third-order valence-electron chi connectivity index (χ3n) is 5.06. The number of aromatic nitrogens is 2. The molecule has 0 radical (unpaired) electrons. The van der Waals surface area contributed by atoms with Crippen LogP contribution in [-0.4, -0.2) is 41.0 Å². The van der Waals surface area contributed by atoms with E-state index < -0.39 is 0 Å². The SMILES string of the molecule is CCNC(=NCC1Cc2ccccc2O1)NC(C)Cc1c(C)nn(C)c1C. The molecule has 2 unspecified atom stereocenters. The van der Waals surface area contributed by atoms with Gasteiger partial charge in [-0.15, -0.1) is 0 Å². The molecular weight excluding hydrogens is 338 g/mol. The quantitative estimate of drug-likeness (QED) is 0.607. The summed E-state index contributed by atoms with van der Waals surface area (Å²) in [4.78, 5) is 4.76. The lowest BCUT2D eigenvalue weighted by Gasteiger charge is -2.19. The highest BCUT2D eigenvalue weighted by molar-refractivity contribution is 5.80. The van der Waals surface area contributed by atoms with E-state index in [0.29, 0.717) is 6.54 Å². The highest BCUT2D eigenvalue weighted by Crippen LogP contribution is 2.28. The van der Waals surface area contributed by atoms with E-state index in [1.54, 1.807) is 0 Å². The van der Waals surface area contributed by atoms with Crippen molar-refractivity contribution >= 4 is 5.96 Å². The summed E-state index contributed by atoms with van der Waals surface area (Å²) in [5.74, 6) is 1.83. The van der Waals surface area contributed by atoms with Crippen molar-refractivity contribution in [2.75, 3.05) is 13.1 Å². The Morgan fingerprint density at radius 2 is 2.15 bits per heavy atom. The first-order chi connectivity index (χ1) is 13.0. The molecule has 3 rings (SSSR count). The van der Waals surface area contributed by atoms with E-state index in [1.165, 1.54) is 16.8 Å². The summed E-state index contributed by atoms with van der Waals surface area (Å²) < 4.78 is 7.95. The minimum absolute atomic E-state index is 0.107. The Balaban J connectivity index is 1.59. The van der Waals surface area contributed by atoms with Crippen LogP contribution in [0.3, 0.4) is 0 Å². The molecular formula is C21H31N5O. The lowest BCUT2D eigenvalue weighted by atomic mass is 10.1. The number of rotatable bonds is 6. The van der Waals surface area contributed by atoms with Crippen LogP contribution >= 0.6 is 0 Å². The Bertz CT molecular complexity index is 786. The summed E-state index contributed by atoms with van der Waals surface area (Å²) in [6, 6.07) is 8.49. The molecule has 0 saturated carbocycles. The van der Waals surface area contributed by atoms with Crippen molar-refractivity contribution in [2.45, 2.75) is 52.7 Å². The molecule has 6 heteroatoms. The molecule has 0 aliphatic carbocycles. The summed E-state index contributed by atoms with van der Waals surface area (Å²) in [5.41, 5.74) is 4.90. The minimum Gasteiger partial charge on any atom is -0.488 e. The van der Waals surface area contributed by atoms with Crippen LogP contribution in [0.15, 0.2) is 29.3 Å². The summed E-state index contributed by atoms with van der Waals surface area (Å²) >= 11 is 0. The molecule has 1 aliphatic rings. The molecule has 0 bridgehead atoms. The second kappa shape index (κ2) is 8.46. The average Bonchev–Trinajstić information content (AvgIpc) is 3.15. The van der Waals surface area contributed by atoms with Gasteiger partial charge in [0.05, 0.1) is 12.2 Å². The predicted molar refractivity (Wildman–Crippen MR) is 110 cm³/mol. The molecule has 2 aromatic rings. The number of aryl methyl sites for hydroxylation is 2. The average molecular weight is 370 g/mol. The van der Waals surface area contributed by atoms with E-state index in [0.717, 1.165) is 36.8 Å². The summed E-state index contributed by atoms with van der Waals surface area (Å²) in [6.07, 6.45) is 1.94. The van der Waals surface area contributed by atoms with E-state index in [9.17, 15) is 0 Å². The Morgan fingerprint density at radius 1 is 1.37 bits per heavy atom. The molecule has 2 N–H and O–H groups in total. The molecule has 0 fully saturated rings. The van der Waals surface area contributed by atoms with Gasteiger partial charge in [0.2, 0.25) is 0 Å². The van der Waals surface area contributed by atoms with Crippen molar-refractivity contribution in [3.63, 3.8) is 0 Å². The monoisotopic (exact) mass is 369 g/mol. The number of nitrogens with one attached hydrogen (secondary N) is 2. The zero-order valence-corrected chi connectivity index (χ0v) is 17.0. The molecule has 1 aromatic heterocycles. The van der Waals surface area contributed by atoms with Gasteiger partial charge in [-0.2, -0.15) is 5.10 Å². The van der Waals surface area contributed by atoms with Crippen LogP contribution in [0.1, 0.15) is 36.4 Å². The smallest absolute Gasteiger partial charge is 0.191 e. The molecule has 2 heterocycles. The van der Waals surface area contributed by atoms with Gasteiger partial charge >= 0.3 is 0 Å². The number of para-hydroxylation sites is 1. The van der Waals surface area contributed by atoms with Gasteiger partial charge in [-0.05, 0) is 51.3 Å². The van der Waals surface area contributed by atoms with Crippen LogP contribution in [0.4, 0.5) is 0 Å². The van der Waals surface area contributed by atoms with Crippen LogP contribution < -0.4 is 15.4 Å². The van der Waals surface area contributed by atoms with Crippen LogP contribution in [0.25, 0.3) is 0 Å². The number of hydrogen-bond acceptors (Lipinski definition) is 3. The van der Waals surface area contributed by atoms with Crippen molar-refractivity contribution in [3.05, 3.63) is 46.8 Å². The highest BCUT2D eigenvalue weighted by Gasteiger charge is 2.22. The number of ether oxygens (including phenoxy) is 1. The first kappa shape index (κ1) is 19.3. The molecule has 1 aliphatic heterocycles. The first-order valence-electron chi connectivity index (χ1n) is 9.76. The zero-order chi connectivity index (χ0) is 19.4. The van der Waals surface area contributed by atoms with E-state index in [-0.39, 0.29) is 12.1 Å². The predicted octanol–water partition coefficient (Wildman–Crippen LogP) is 2.53. The number of nitrogens with zero attached hydrogens (tertiary/aromatic N) is 3. The van der Waals surface area contributed by atoms with E-state index in [1.807, 2.05) is 23.9 Å². The van der Waals surface area contributed by atoms with Gasteiger partial charge in [0.25, 0.3) is 0 Å². The molecule has 27 heavy (non-hydrogen) atoms. The summed E-state index contributed by atoms with van der Waals surface area (Å²) in [6.45, 7) is 9.93. The number of benzene rings is 1. The molecule has 0 amide bonds. The second-order valence-corrected chi connectivity index (χ2v) is 7.29. The molecule has 1 aromatic carbocycles. The van der Waals surface area contributed by atoms with Crippen molar-refractivity contribution in [1.29, 1.82) is 0 Å². The minimum atomic E-state index is 0.107. The molecule has 2 atom stereocenters. The van der Waals surface area contributed by atoms with Gasteiger partial charge < -0.3 is 15.4 Å². The van der Waals surface area contributed by atoms with Gasteiger partial charge in [0, 0.05) is 31.7 Å². The summed E-state index contributed by atoms with van der Waals surface area (Å²) in [5, 5.41) is 11.4. The maximum absolute atomic E-state index is 6.00. The van der Waals surface area contributed by atoms with Crippen molar-refractivity contribution in [1.82, 2.24) is 20.4 Å². The molecule has 146 valence electrons. The fourth-order valence-corrected chi connectivity index (χ4v) is 3.57. The Kier molecular flexibility index (Phi) is 6.04. The van der Waals surface area contributed by atoms with E-state index in [2.05, 4.69) is 55.6 Å². The highest BCUT2D eigenvalue weighted by atomic mass is 16.5. The Hall–Kier alpha value is -2.50. The van der Waals surface area contributed by atoms with Gasteiger partial charge in [0.1, 0.15) is 11.9 Å². The van der Waals surface area contributed by atoms with Crippen LogP contribution in [0.5, 0.6) is 5.75 Å². The number of hydrogen-bond donors (Lipinski definition) is 2. The van der Waals surface area contributed by atoms with Crippen LogP contribution in [0, 0.1) is 13.8 Å². The largest absolute Gasteiger partial charge is 0.488 e. The lowest BCUT2D eigenvalue weighted by Crippen LogP contribution is -2.43. The van der Waals surface area contributed by atoms with Crippen molar-refractivity contribution in [3.8, 4) is 5.75 Å².